The molecule has 0 aromatic heterocycles. The molecule has 5 heteroatoms. The molecule has 1 aromatic carbocycles. The second-order valence-electron chi connectivity index (χ2n) is 3.19. The first-order valence-corrected chi connectivity index (χ1v) is 4.76. The van der Waals surface area contributed by atoms with Crippen LogP contribution < -0.4 is 14.8 Å². The summed E-state index contributed by atoms with van der Waals surface area (Å²) in [6, 6.07) is 2.97. The molecular weight excluding hydrogens is 210 g/mol. The van der Waals surface area contributed by atoms with Crippen molar-refractivity contribution >= 4 is 5.97 Å². The lowest BCUT2D eigenvalue weighted by atomic mass is 10.1. The molecule has 5 nitrogen and oxygen atoms in total. The molecule has 0 fully saturated rings. The van der Waals surface area contributed by atoms with Crippen molar-refractivity contribution in [2.45, 2.75) is 6.54 Å². The third kappa shape index (κ3) is 2.43. The van der Waals surface area contributed by atoms with E-state index in [4.69, 9.17) is 14.6 Å². The zero-order chi connectivity index (χ0) is 12.1. The summed E-state index contributed by atoms with van der Waals surface area (Å²) in [5.74, 6) is 0.00445. The van der Waals surface area contributed by atoms with Crippen molar-refractivity contribution in [2.75, 3.05) is 21.3 Å². The Balaban J connectivity index is 3.30. The highest BCUT2D eigenvalue weighted by Gasteiger charge is 2.14. The lowest BCUT2D eigenvalue weighted by molar-refractivity contribution is 0.0696. The molecule has 0 spiro atoms. The molecule has 0 saturated heterocycles. The van der Waals surface area contributed by atoms with Gasteiger partial charge in [-0.15, -0.1) is 0 Å². The van der Waals surface area contributed by atoms with Gasteiger partial charge in [0, 0.05) is 12.1 Å². The molecule has 1 rings (SSSR count). The van der Waals surface area contributed by atoms with Crippen LogP contribution in [0.1, 0.15) is 15.9 Å². The van der Waals surface area contributed by atoms with E-state index in [2.05, 4.69) is 5.32 Å². The standard InChI is InChI=1S/C11H15NO4/c1-12-6-8-9(15-2)4-7(11(13)14)5-10(8)16-3/h4-5,12H,6H2,1-3H3,(H,13,14). The van der Waals surface area contributed by atoms with E-state index < -0.39 is 5.97 Å². The van der Waals surface area contributed by atoms with Gasteiger partial charge < -0.3 is 19.9 Å². The Hall–Kier alpha value is -1.75. The van der Waals surface area contributed by atoms with Crippen molar-refractivity contribution < 1.29 is 19.4 Å². The Kier molecular flexibility index (Phi) is 4.13. The first kappa shape index (κ1) is 12.3. The van der Waals surface area contributed by atoms with Crippen LogP contribution in [0.2, 0.25) is 0 Å². The summed E-state index contributed by atoms with van der Waals surface area (Å²) in [7, 11) is 4.79. The van der Waals surface area contributed by atoms with Crippen molar-refractivity contribution in [2.24, 2.45) is 0 Å². The van der Waals surface area contributed by atoms with E-state index in [1.54, 1.807) is 7.05 Å². The Bertz CT molecular complexity index is 365. The van der Waals surface area contributed by atoms with Gasteiger partial charge in [0.15, 0.2) is 0 Å². The van der Waals surface area contributed by atoms with Crippen LogP contribution in [-0.4, -0.2) is 32.3 Å². The largest absolute Gasteiger partial charge is 0.496 e. The molecule has 0 atom stereocenters. The van der Waals surface area contributed by atoms with Gasteiger partial charge in [-0.25, -0.2) is 4.79 Å². The van der Waals surface area contributed by atoms with E-state index in [0.717, 1.165) is 5.56 Å². The minimum atomic E-state index is -1.01. The average molecular weight is 225 g/mol. The quantitative estimate of drug-likeness (QED) is 0.786. The number of carboxylic acid groups (broad SMARTS) is 1. The number of benzene rings is 1. The minimum Gasteiger partial charge on any atom is -0.496 e. The van der Waals surface area contributed by atoms with Crippen LogP contribution in [0.3, 0.4) is 0 Å². The van der Waals surface area contributed by atoms with Crippen molar-refractivity contribution in [1.82, 2.24) is 5.32 Å². The lowest BCUT2D eigenvalue weighted by Gasteiger charge is -2.13. The van der Waals surface area contributed by atoms with Gasteiger partial charge in [0.05, 0.1) is 19.8 Å². The Morgan fingerprint density at radius 1 is 1.31 bits per heavy atom. The Labute approximate surface area is 94.0 Å². The molecule has 0 radical (unpaired) electrons. The predicted octanol–water partition coefficient (Wildman–Crippen LogP) is 1.12. The van der Waals surface area contributed by atoms with Crippen LogP contribution in [0.15, 0.2) is 12.1 Å². The summed E-state index contributed by atoms with van der Waals surface area (Å²) in [6.45, 7) is 0.548. The second-order valence-corrected chi connectivity index (χ2v) is 3.19. The van der Waals surface area contributed by atoms with Gasteiger partial charge in [-0.3, -0.25) is 0 Å². The summed E-state index contributed by atoms with van der Waals surface area (Å²) in [6.07, 6.45) is 0. The third-order valence-corrected chi connectivity index (χ3v) is 2.21. The molecule has 2 N–H and O–H groups in total. The number of methoxy groups -OCH3 is 2. The molecule has 0 unspecified atom stereocenters. The van der Waals surface area contributed by atoms with Crippen molar-refractivity contribution in [3.05, 3.63) is 23.3 Å². The molecule has 1 aromatic rings. The second kappa shape index (κ2) is 5.37. The lowest BCUT2D eigenvalue weighted by Crippen LogP contribution is -2.10. The Morgan fingerprint density at radius 2 is 1.81 bits per heavy atom. The number of nitrogens with one attached hydrogen (secondary N) is 1. The van der Waals surface area contributed by atoms with Gasteiger partial charge in [0.25, 0.3) is 0 Å². The van der Waals surface area contributed by atoms with Gasteiger partial charge in [0.2, 0.25) is 0 Å². The number of hydrogen-bond acceptors (Lipinski definition) is 4. The number of ether oxygens (including phenoxy) is 2. The van der Waals surface area contributed by atoms with E-state index in [1.807, 2.05) is 0 Å². The minimum absolute atomic E-state index is 0.147. The maximum Gasteiger partial charge on any atom is 0.335 e. The maximum atomic E-state index is 10.9. The van der Waals surface area contributed by atoms with E-state index in [-0.39, 0.29) is 5.56 Å². The highest BCUT2D eigenvalue weighted by atomic mass is 16.5. The monoisotopic (exact) mass is 225 g/mol. The van der Waals surface area contributed by atoms with E-state index in [0.29, 0.717) is 18.0 Å². The molecule has 16 heavy (non-hydrogen) atoms. The third-order valence-electron chi connectivity index (χ3n) is 2.21. The number of carboxylic acids is 1. The average Bonchev–Trinajstić information content (AvgIpc) is 2.29. The normalized spacial score (nSPS) is 9.94. The summed E-state index contributed by atoms with van der Waals surface area (Å²) < 4.78 is 10.3. The van der Waals surface area contributed by atoms with Crippen LogP contribution in [-0.2, 0) is 6.54 Å². The number of hydrogen-bond donors (Lipinski definition) is 2. The van der Waals surface area contributed by atoms with Crippen LogP contribution in [0.5, 0.6) is 11.5 Å². The van der Waals surface area contributed by atoms with Gasteiger partial charge >= 0.3 is 5.97 Å². The molecule has 0 saturated carbocycles. The van der Waals surface area contributed by atoms with Gasteiger partial charge in [-0.2, -0.15) is 0 Å². The first-order valence-electron chi connectivity index (χ1n) is 4.76. The summed E-state index contributed by atoms with van der Waals surface area (Å²) in [5, 5.41) is 11.9. The van der Waals surface area contributed by atoms with Crippen LogP contribution in [0, 0.1) is 0 Å². The zero-order valence-electron chi connectivity index (χ0n) is 9.53. The fourth-order valence-corrected chi connectivity index (χ4v) is 1.46. The molecule has 0 aliphatic heterocycles. The van der Waals surface area contributed by atoms with E-state index in [9.17, 15) is 4.79 Å². The first-order chi connectivity index (χ1) is 7.63. The number of rotatable bonds is 5. The summed E-state index contributed by atoms with van der Waals surface area (Å²) in [4.78, 5) is 10.9. The predicted molar refractivity (Wildman–Crippen MR) is 59.3 cm³/mol. The van der Waals surface area contributed by atoms with Gasteiger partial charge in [-0.05, 0) is 19.2 Å². The summed E-state index contributed by atoms with van der Waals surface area (Å²) >= 11 is 0. The fourth-order valence-electron chi connectivity index (χ4n) is 1.46. The number of aromatic carboxylic acids is 1. The van der Waals surface area contributed by atoms with E-state index in [1.165, 1.54) is 26.4 Å². The highest BCUT2D eigenvalue weighted by Crippen LogP contribution is 2.30. The molecule has 0 aliphatic rings. The highest BCUT2D eigenvalue weighted by molar-refractivity contribution is 5.89. The number of carbonyl (C=O) groups is 1. The van der Waals surface area contributed by atoms with Gasteiger partial charge in [0.1, 0.15) is 11.5 Å². The maximum absolute atomic E-state index is 10.9. The van der Waals surface area contributed by atoms with Crippen molar-refractivity contribution in [3.8, 4) is 11.5 Å². The van der Waals surface area contributed by atoms with Crippen molar-refractivity contribution in [3.63, 3.8) is 0 Å². The van der Waals surface area contributed by atoms with E-state index >= 15 is 0 Å². The summed E-state index contributed by atoms with van der Waals surface area (Å²) in [5.41, 5.74) is 0.950. The van der Waals surface area contributed by atoms with Crippen molar-refractivity contribution in [1.29, 1.82) is 0 Å². The van der Waals surface area contributed by atoms with Crippen LogP contribution in [0.25, 0.3) is 0 Å². The molecule has 0 heterocycles. The molecular formula is C11H15NO4. The molecule has 0 aliphatic carbocycles. The fraction of sp³-hybridized carbons (Fsp3) is 0.364. The van der Waals surface area contributed by atoms with Gasteiger partial charge in [-0.1, -0.05) is 0 Å². The SMILES string of the molecule is CNCc1c(OC)cc(C(=O)O)cc1OC. The molecule has 0 amide bonds. The van der Waals surface area contributed by atoms with Crippen LogP contribution in [0.4, 0.5) is 0 Å². The molecule has 88 valence electrons. The smallest absolute Gasteiger partial charge is 0.335 e. The zero-order valence-corrected chi connectivity index (χ0v) is 9.53. The molecule has 0 bridgehead atoms. The Morgan fingerprint density at radius 3 is 2.12 bits per heavy atom. The topological polar surface area (TPSA) is 67.8 Å². The van der Waals surface area contributed by atoms with Crippen LogP contribution >= 0.6 is 0 Å².